The van der Waals surface area contributed by atoms with Gasteiger partial charge in [0.15, 0.2) is 11.6 Å². The zero-order chi connectivity index (χ0) is 13.7. The van der Waals surface area contributed by atoms with Crippen LogP contribution in [0.25, 0.3) is 0 Å². The van der Waals surface area contributed by atoms with Gasteiger partial charge in [0, 0.05) is 17.1 Å². The van der Waals surface area contributed by atoms with E-state index in [1.165, 1.54) is 31.7 Å². The molecule has 1 aromatic carbocycles. The minimum atomic E-state index is -0.310. The van der Waals surface area contributed by atoms with Gasteiger partial charge in [-0.3, -0.25) is 0 Å². The summed E-state index contributed by atoms with van der Waals surface area (Å²) in [5, 5.41) is 3.49. The number of rotatable bonds is 5. The second-order valence-electron chi connectivity index (χ2n) is 5.33. The van der Waals surface area contributed by atoms with Crippen LogP contribution >= 0.6 is 15.9 Å². The fourth-order valence-electron chi connectivity index (χ4n) is 2.48. The molecule has 1 aliphatic rings. The summed E-state index contributed by atoms with van der Waals surface area (Å²) >= 11 is 3.31. The number of hydrogen-bond acceptors (Lipinski definition) is 2. The number of nitrogens with one attached hydrogen (secondary N) is 1. The smallest absolute Gasteiger partial charge is 0.165 e. The lowest BCUT2D eigenvalue weighted by Crippen LogP contribution is -2.35. The summed E-state index contributed by atoms with van der Waals surface area (Å²) in [4.78, 5) is 0. The van der Waals surface area contributed by atoms with Gasteiger partial charge in [-0.1, -0.05) is 22.9 Å². The first-order valence-corrected chi connectivity index (χ1v) is 7.75. The Kier molecular flexibility index (Phi) is 5.64. The second-order valence-corrected chi connectivity index (χ2v) is 6.25. The van der Waals surface area contributed by atoms with Crippen molar-refractivity contribution in [3.8, 4) is 5.75 Å². The van der Waals surface area contributed by atoms with Crippen molar-refractivity contribution in [2.45, 2.75) is 38.6 Å². The SMILES string of the molecule is CC1CCC(NCCOc2cc(Br)ccc2F)CC1. The minimum absolute atomic E-state index is 0.310. The van der Waals surface area contributed by atoms with Crippen LogP contribution in [0.5, 0.6) is 5.75 Å². The molecule has 2 nitrogen and oxygen atoms in total. The van der Waals surface area contributed by atoms with Crippen LogP contribution in [0.3, 0.4) is 0 Å². The molecule has 0 aliphatic heterocycles. The molecule has 1 aromatic rings. The lowest BCUT2D eigenvalue weighted by atomic mass is 9.87. The molecule has 0 bridgehead atoms. The molecule has 0 heterocycles. The lowest BCUT2D eigenvalue weighted by Gasteiger charge is -2.27. The summed E-state index contributed by atoms with van der Waals surface area (Å²) < 4.78 is 19.7. The first-order chi connectivity index (χ1) is 9.15. The van der Waals surface area contributed by atoms with Crippen molar-refractivity contribution < 1.29 is 9.13 Å². The third kappa shape index (κ3) is 4.77. The van der Waals surface area contributed by atoms with Gasteiger partial charge in [0.05, 0.1) is 0 Å². The van der Waals surface area contributed by atoms with Crippen molar-refractivity contribution in [1.29, 1.82) is 0 Å². The average Bonchev–Trinajstić information content (AvgIpc) is 2.40. The minimum Gasteiger partial charge on any atom is -0.489 e. The van der Waals surface area contributed by atoms with E-state index in [-0.39, 0.29) is 5.82 Å². The van der Waals surface area contributed by atoms with Gasteiger partial charge in [0.2, 0.25) is 0 Å². The van der Waals surface area contributed by atoms with Gasteiger partial charge in [0.1, 0.15) is 6.61 Å². The summed E-state index contributed by atoms with van der Waals surface area (Å²) in [6, 6.07) is 5.35. The molecule has 0 radical (unpaired) electrons. The van der Waals surface area contributed by atoms with Gasteiger partial charge in [-0.05, 0) is 49.8 Å². The highest BCUT2D eigenvalue weighted by molar-refractivity contribution is 9.10. The Morgan fingerprint density at radius 1 is 1.32 bits per heavy atom. The van der Waals surface area contributed by atoms with E-state index in [1.54, 1.807) is 12.1 Å². The largest absolute Gasteiger partial charge is 0.489 e. The Balaban J connectivity index is 1.68. The zero-order valence-corrected chi connectivity index (χ0v) is 12.9. The van der Waals surface area contributed by atoms with Gasteiger partial charge in [0.25, 0.3) is 0 Å². The molecule has 106 valence electrons. The fourth-order valence-corrected chi connectivity index (χ4v) is 2.82. The summed E-state index contributed by atoms with van der Waals surface area (Å²) in [6.07, 6.45) is 5.09. The van der Waals surface area contributed by atoms with E-state index >= 15 is 0 Å². The van der Waals surface area contributed by atoms with E-state index in [9.17, 15) is 4.39 Å². The summed E-state index contributed by atoms with van der Waals surface area (Å²) in [6.45, 7) is 3.58. The third-order valence-electron chi connectivity index (χ3n) is 3.70. The van der Waals surface area contributed by atoms with Crippen LogP contribution in [-0.2, 0) is 0 Å². The molecule has 19 heavy (non-hydrogen) atoms. The molecule has 0 spiro atoms. The predicted octanol–water partition coefficient (Wildman–Crippen LogP) is 4.14. The molecule has 0 unspecified atom stereocenters. The first kappa shape index (κ1) is 14.8. The van der Waals surface area contributed by atoms with Gasteiger partial charge < -0.3 is 10.1 Å². The highest BCUT2D eigenvalue weighted by atomic mass is 79.9. The Morgan fingerprint density at radius 3 is 2.79 bits per heavy atom. The van der Waals surface area contributed by atoms with Crippen LogP contribution in [0.2, 0.25) is 0 Å². The molecule has 0 aromatic heterocycles. The number of halogens is 2. The molecule has 0 saturated heterocycles. The molecular weight excluding hydrogens is 309 g/mol. The first-order valence-electron chi connectivity index (χ1n) is 6.96. The molecular formula is C15H21BrFNO. The Labute approximate surface area is 122 Å². The Morgan fingerprint density at radius 2 is 2.05 bits per heavy atom. The molecule has 0 amide bonds. The molecule has 1 N–H and O–H groups in total. The van der Waals surface area contributed by atoms with Crippen LogP contribution in [0, 0.1) is 11.7 Å². The monoisotopic (exact) mass is 329 g/mol. The van der Waals surface area contributed by atoms with Crippen molar-refractivity contribution in [3.05, 3.63) is 28.5 Å². The maximum Gasteiger partial charge on any atom is 0.165 e. The van der Waals surface area contributed by atoms with Crippen LogP contribution in [-0.4, -0.2) is 19.2 Å². The average molecular weight is 330 g/mol. The molecule has 1 aliphatic carbocycles. The third-order valence-corrected chi connectivity index (χ3v) is 4.19. The van der Waals surface area contributed by atoms with E-state index in [0.717, 1.165) is 16.9 Å². The fraction of sp³-hybridized carbons (Fsp3) is 0.600. The molecule has 4 heteroatoms. The summed E-state index contributed by atoms with van der Waals surface area (Å²) in [7, 11) is 0. The van der Waals surface area contributed by atoms with E-state index < -0.39 is 0 Å². The Hall–Kier alpha value is -0.610. The van der Waals surface area contributed by atoms with Crippen molar-refractivity contribution in [3.63, 3.8) is 0 Å². The molecule has 0 atom stereocenters. The maximum atomic E-state index is 13.4. The van der Waals surface area contributed by atoms with Crippen molar-refractivity contribution >= 4 is 15.9 Å². The topological polar surface area (TPSA) is 21.3 Å². The highest BCUT2D eigenvalue weighted by Crippen LogP contribution is 2.24. The van der Waals surface area contributed by atoms with E-state index in [0.29, 0.717) is 18.4 Å². The summed E-state index contributed by atoms with van der Waals surface area (Å²) in [5.41, 5.74) is 0. The van der Waals surface area contributed by atoms with E-state index in [1.807, 2.05) is 0 Å². The van der Waals surface area contributed by atoms with Gasteiger partial charge in [-0.2, -0.15) is 0 Å². The molecule has 1 saturated carbocycles. The van der Waals surface area contributed by atoms with E-state index in [2.05, 4.69) is 28.2 Å². The number of hydrogen-bond donors (Lipinski definition) is 1. The maximum absolute atomic E-state index is 13.4. The second kappa shape index (κ2) is 7.25. The van der Waals surface area contributed by atoms with Crippen LogP contribution in [0.4, 0.5) is 4.39 Å². The van der Waals surface area contributed by atoms with E-state index in [4.69, 9.17) is 4.74 Å². The van der Waals surface area contributed by atoms with Crippen molar-refractivity contribution in [1.82, 2.24) is 5.32 Å². The molecule has 2 rings (SSSR count). The van der Waals surface area contributed by atoms with Gasteiger partial charge in [-0.15, -0.1) is 0 Å². The van der Waals surface area contributed by atoms with Crippen LogP contribution in [0.15, 0.2) is 22.7 Å². The Bertz CT molecular complexity index is 405. The standard InChI is InChI=1S/C15H21BrFNO/c1-11-2-5-13(6-3-11)18-8-9-19-15-10-12(16)4-7-14(15)17/h4,7,10-11,13,18H,2-3,5-6,8-9H2,1H3. The number of ether oxygens (including phenoxy) is 1. The van der Waals surface area contributed by atoms with Crippen molar-refractivity contribution in [2.75, 3.05) is 13.2 Å². The zero-order valence-electron chi connectivity index (χ0n) is 11.3. The lowest BCUT2D eigenvalue weighted by molar-refractivity contribution is 0.264. The van der Waals surface area contributed by atoms with Crippen LogP contribution < -0.4 is 10.1 Å². The summed E-state index contributed by atoms with van der Waals surface area (Å²) in [5.74, 6) is 0.869. The van der Waals surface area contributed by atoms with Gasteiger partial charge in [-0.25, -0.2) is 4.39 Å². The van der Waals surface area contributed by atoms with Gasteiger partial charge >= 0.3 is 0 Å². The molecule has 1 fully saturated rings. The number of benzene rings is 1. The highest BCUT2D eigenvalue weighted by Gasteiger charge is 2.17. The normalized spacial score (nSPS) is 23.3. The van der Waals surface area contributed by atoms with Crippen LogP contribution in [0.1, 0.15) is 32.6 Å². The van der Waals surface area contributed by atoms with Crippen molar-refractivity contribution in [2.24, 2.45) is 5.92 Å². The predicted molar refractivity (Wildman–Crippen MR) is 79.0 cm³/mol. The quantitative estimate of drug-likeness (QED) is 0.820.